The summed E-state index contributed by atoms with van der Waals surface area (Å²) in [5, 5.41) is 0. The molecule has 0 aromatic heterocycles. The maximum Gasteiger partial charge on any atom is 0.344 e. The van der Waals surface area contributed by atoms with Crippen molar-refractivity contribution in [3.05, 3.63) is 103 Å². The number of ether oxygens (including phenoxy) is 5. The van der Waals surface area contributed by atoms with E-state index in [1.165, 1.54) is 12.1 Å². The lowest BCUT2D eigenvalue weighted by Crippen LogP contribution is -2.27. The van der Waals surface area contributed by atoms with Gasteiger partial charge in [0.25, 0.3) is 0 Å². The van der Waals surface area contributed by atoms with Crippen molar-refractivity contribution in [3.8, 4) is 17.2 Å². The molecule has 4 aromatic rings. The second kappa shape index (κ2) is 17.4. The van der Waals surface area contributed by atoms with Crippen molar-refractivity contribution in [2.24, 2.45) is 0 Å². The zero-order valence-electron chi connectivity index (χ0n) is 29.6. The predicted molar refractivity (Wildman–Crippen MR) is 190 cm³/mol. The highest BCUT2D eigenvalue weighted by atomic mass is 32.2. The van der Waals surface area contributed by atoms with E-state index in [9.17, 15) is 22.6 Å². The first kappa shape index (κ1) is 39.9. The van der Waals surface area contributed by atoms with Crippen molar-refractivity contribution in [1.29, 1.82) is 0 Å². The third-order valence-electron chi connectivity index (χ3n) is 6.27. The van der Waals surface area contributed by atoms with Gasteiger partial charge in [-0.25, -0.2) is 18.0 Å². The van der Waals surface area contributed by atoms with E-state index < -0.39 is 44.2 Å². The molecule has 0 radical (unpaired) electrons. The van der Waals surface area contributed by atoms with Crippen LogP contribution in [0.4, 0.5) is 0 Å². The average Bonchev–Trinajstić information content (AvgIpc) is 3.03. The number of carbonyl (C=O) groups excluding carboxylic acids is 2. The van der Waals surface area contributed by atoms with Crippen molar-refractivity contribution >= 4 is 33.0 Å². The third-order valence-corrected chi connectivity index (χ3v) is 9.38. The van der Waals surface area contributed by atoms with E-state index in [2.05, 4.69) is 0 Å². The Balaban J connectivity index is 0.000000521. The number of hydrogen-bond donors (Lipinski definition) is 0. The molecule has 0 aliphatic heterocycles. The summed E-state index contributed by atoms with van der Waals surface area (Å²) in [6, 6.07) is 29.0. The zero-order valence-corrected chi connectivity index (χ0v) is 31.2. The first-order valence-electron chi connectivity index (χ1n) is 15.6. The van der Waals surface area contributed by atoms with Crippen LogP contribution >= 0.6 is 0 Å². The van der Waals surface area contributed by atoms with E-state index >= 15 is 0 Å². The van der Waals surface area contributed by atoms with Gasteiger partial charge in [0.05, 0.1) is 12.0 Å². The molecular weight excluding hydrogens is 681 g/mol. The number of para-hydroxylation sites is 1. The minimum absolute atomic E-state index is 0.167. The van der Waals surface area contributed by atoms with E-state index in [-0.39, 0.29) is 18.1 Å². The summed E-state index contributed by atoms with van der Waals surface area (Å²) < 4.78 is 58.8. The maximum absolute atomic E-state index is 12.0. The molecule has 50 heavy (non-hydrogen) atoms. The van der Waals surface area contributed by atoms with Crippen LogP contribution < -0.4 is 14.2 Å². The summed E-state index contributed by atoms with van der Waals surface area (Å²) in [6.07, 6.45) is 0. The molecule has 4 rings (SSSR count). The second-order valence-corrected chi connectivity index (χ2v) is 16.3. The van der Waals surface area contributed by atoms with Crippen LogP contribution in [0.15, 0.2) is 117 Å². The molecule has 0 N–H and O–H groups in total. The third kappa shape index (κ3) is 13.4. The zero-order chi connectivity index (χ0) is 37.1. The summed E-state index contributed by atoms with van der Waals surface area (Å²) in [7, 11) is -3.13. The van der Waals surface area contributed by atoms with Crippen molar-refractivity contribution in [1.82, 2.24) is 0 Å². The summed E-state index contributed by atoms with van der Waals surface area (Å²) in [5.41, 5.74) is -0.203. The molecule has 0 aliphatic rings. The van der Waals surface area contributed by atoms with Gasteiger partial charge < -0.3 is 28.2 Å². The van der Waals surface area contributed by atoms with Crippen LogP contribution in [-0.4, -0.2) is 56.4 Å². The Kier molecular flexibility index (Phi) is 13.9. The van der Waals surface area contributed by atoms with Crippen molar-refractivity contribution in [3.63, 3.8) is 0 Å². The fourth-order valence-electron chi connectivity index (χ4n) is 4.25. The lowest BCUT2D eigenvalue weighted by atomic mass is 10.2. The Morgan fingerprint density at radius 3 is 1.46 bits per heavy atom. The molecule has 0 aliphatic carbocycles. The molecule has 0 saturated heterocycles. The highest BCUT2D eigenvalue weighted by molar-refractivity contribution is 7.97. The van der Waals surface area contributed by atoms with Crippen LogP contribution in [0.3, 0.4) is 0 Å². The van der Waals surface area contributed by atoms with Gasteiger partial charge in [-0.05, 0) is 121 Å². The van der Waals surface area contributed by atoms with Gasteiger partial charge in [0.15, 0.2) is 28.8 Å². The molecule has 10 nitrogen and oxygen atoms in total. The minimum atomic E-state index is -4.27. The van der Waals surface area contributed by atoms with Gasteiger partial charge in [-0.1, -0.05) is 29.8 Å². The molecule has 0 spiro atoms. The smallest absolute Gasteiger partial charge is 0.344 e. The van der Waals surface area contributed by atoms with E-state index in [4.69, 9.17) is 23.7 Å². The summed E-state index contributed by atoms with van der Waals surface area (Å²) in [4.78, 5) is 27.0. The van der Waals surface area contributed by atoms with Gasteiger partial charge in [0.1, 0.15) is 43.7 Å². The number of aryl methyl sites for hydroxylation is 1. The fraction of sp³-hybridized carbons (Fsp3) is 0.316. The van der Waals surface area contributed by atoms with Gasteiger partial charge >= 0.3 is 11.9 Å². The number of hydrogen-bond acceptors (Lipinski definition) is 10. The highest BCUT2D eigenvalue weighted by Gasteiger charge is 2.32. The molecule has 0 heterocycles. The fourth-order valence-corrected chi connectivity index (χ4v) is 6.89. The Morgan fingerprint density at radius 2 is 1.08 bits per heavy atom. The normalized spacial score (nSPS) is 11.6. The number of carbonyl (C=O) groups is 2. The van der Waals surface area contributed by atoms with Gasteiger partial charge in [-0.2, -0.15) is 0 Å². The standard InChI is InChI=1S/C31H37O7S.C7H8O3S/c1-30(2,3)37-28(32)20-35-22-12-16-24(17-13-22)39(27-11-9-8-10-26(27)34-7)25-18-14-23(15-19-25)36-21-29(33)38-31(4,5)6;1-6-2-4-7(5-3-6)11(8,9)10/h8-19H,20-21H2,1-7H3;2-5H,1H3,(H,8,9,10)/q+1;/p-1. The molecule has 0 saturated carbocycles. The van der Waals surface area contributed by atoms with Crippen LogP contribution in [0, 0.1) is 6.92 Å². The summed E-state index contributed by atoms with van der Waals surface area (Å²) >= 11 is 0. The topological polar surface area (TPSA) is 137 Å². The van der Waals surface area contributed by atoms with E-state index in [1.54, 1.807) is 19.2 Å². The van der Waals surface area contributed by atoms with Crippen LogP contribution in [-0.2, 0) is 40.1 Å². The van der Waals surface area contributed by atoms with Crippen LogP contribution in [0.25, 0.3) is 0 Å². The number of esters is 2. The Morgan fingerprint density at radius 1 is 0.660 bits per heavy atom. The molecule has 0 fully saturated rings. The molecular formula is C38H44O10S2. The first-order valence-corrected chi connectivity index (χ1v) is 18.3. The molecule has 268 valence electrons. The molecule has 4 aromatic carbocycles. The van der Waals surface area contributed by atoms with Crippen molar-refractivity contribution < 1.29 is 46.2 Å². The minimum Gasteiger partial charge on any atom is -0.744 e. The van der Waals surface area contributed by atoms with Gasteiger partial charge in [-0.15, -0.1) is 0 Å². The van der Waals surface area contributed by atoms with Gasteiger partial charge in [-0.3, -0.25) is 0 Å². The van der Waals surface area contributed by atoms with Crippen LogP contribution in [0.5, 0.6) is 17.2 Å². The highest BCUT2D eigenvalue weighted by Crippen LogP contribution is 2.37. The lowest BCUT2D eigenvalue weighted by molar-refractivity contribution is -0.158. The summed E-state index contributed by atoms with van der Waals surface area (Å²) in [5.74, 6) is 1.07. The number of rotatable bonds is 11. The molecule has 0 atom stereocenters. The molecule has 12 heteroatoms. The van der Waals surface area contributed by atoms with E-state index in [0.717, 1.165) is 26.0 Å². The van der Waals surface area contributed by atoms with E-state index in [1.807, 2.05) is 121 Å². The molecule has 0 bridgehead atoms. The quantitative estimate of drug-likeness (QED) is 0.0892. The Bertz CT molecular complexity index is 1730. The van der Waals surface area contributed by atoms with E-state index in [0.29, 0.717) is 11.5 Å². The van der Waals surface area contributed by atoms with Crippen LogP contribution in [0.2, 0.25) is 0 Å². The summed E-state index contributed by atoms with van der Waals surface area (Å²) in [6.45, 7) is 12.4. The number of benzene rings is 4. The van der Waals surface area contributed by atoms with Gasteiger partial charge in [0, 0.05) is 0 Å². The van der Waals surface area contributed by atoms with Crippen molar-refractivity contribution in [2.45, 2.75) is 79.3 Å². The van der Waals surface area contributed by atoms with Crippen LogP contribution in [0.1, 0.15) is 47.1 Å². The second-order valence-electron chi connectivity index (χ2n) is 12.9. The molecule has 0 unspecified atom stereocenters. The predicted octanol–water partition coefficient (Wildman–Crippen LogP) is 7.13. The maximum atomic E-state index is 12.0. The number of methoxy groups -OCH3 is 1. The largest absolute Gasteiger partial charge is 0.744 e. The van der Waals surface area contributed by atoms with Crippen molar-refractivity contribution in [2.75, 3.05) is 20.3 Å². The Hall–Kier alpha value is -4.52. The Labute approximate surface area is 297 Å². The SMILES string of the molecule is COc1ccccc1[S+](c1ccc(OCC(=O)OC(C)(C)C)cc1)c1ccc(OCC(=O)OC(C)(C)C)cc1.Cc1ccc(S(=O)(=O)[O-])cc1. The lowest BCUT2D eigenvalue weighted by Gasteiger charge is -2.19. The monoisotopic (exact) mass is 724 g/mol. The molecule has 0 amide bonds. The van der Waals surface area contributed by atoms with Gasteiger partial charge in [0.2, 0.25) is 4.90 Å². The average molecular weight is 725 g/mol. The first-order chi connectivity index (χ1) is 23.3.